The summed E-state index contributed by atoms with van der Waals surface area (Å²) in [5, 5.41) is 2.20. The molecular weight excluding hydrogens is 133 g/mol. The third-order valence-electron chi connectivity index (χ3n) is 1.03. The summed E-state index contributed by atoms with van der Waals surface area (Å²) in [4.78, 5) is 9.84. The minimum Gasteiger partial charge on any atom is -0.326 e. The van der Waals surface area contributed by atoms with Crippen LogP contribution in [0.3, 0.4) is 0 Å². The predicted octanol–water partition coefficient (Wildman–Crippen LogP) is 1.19. The van der Waals surface area contributed by atoms with Crippen molar-refractivity contribution in [3.63, 3.8) is 0 Å². The predicted molar refractivity (Wildman–Crippen MR) is 34.9 cm³/mol. The second kappa shape index (κ2) is 2.96. The molecule has 0 atom stereocenters. The molecule has 1 N–H and O–H groups in total. The summed E-state index contributed by atoms with van der Waals surface area (Å²) in [6.07, 6.45) is 0.429. The third kappa shape index (κ3) is 1.31. The molecule has 10 heavy (non-hydrogen) atoms. The van der Waals surface area contributed by atoms with E-state index in [1.54, 1.807) is 0 Å². The summed E-state index contributed by atoms with van der Waals surface area (Å²) in [6.45, 7) is 0. The Morgan fingerprint density at radius 2 is 2.50 bits per heavy atom. The van der Waals surface area contributed by atoms with Crippen LogP contribution in [0.4, 0.5) is 10.1 Å². The van der Waals surface area contributed by atoms with E-state index in [1.807, 2.05) is 0 Å². The Morgan fingerprint density at radius 1 is 1.70 bits per heavy atom. The lowest BCUT2D eigenvalue weighted by Gasteiger charge is -1.96. The average Bonchev–Trinajstić information content (AvgIpc) is 1.94. The van der Waals surface area contributed by atoms with Gasteiger partial charge in [-0.1, -0.05) is 6.07 Å². The van der Waals surface area contributed by atoms with Gasteiger partial charge in [0.25, 0.3) is 0 Å². The fourth-order valence-electron chi connectivity index (χ4n) is 0.591. The molecule has 1 aromatic rings. The van der Waals surface area contributed by atoms with Crippen LogP contribution in [-0.4, -0.2) is 6.41 Å². The molecule has 1 radical (unpaired) electrons. The Balaban J connectivity index is 2.91. The van der Waals surface area contributed by atoms with E-state index in [2.05, 4.69) is 11.4 Å². The lowest BCUT2D eigenvalue weighted by molar-refractivity contribution is -0.105. The highest BCUT2D eigenvalue weighted by Gasteiger charge is 1.95. The highest BCUT2D eigenvalue weighted by Crippen LogP contribution is 2.09. The Kier molecular flexibility index (Phi) is 1.99. The Morgan fingerprint density at radius 3 is 3.10 bits per heavy atom. The van der Waals surface area contributed by atoms with Crippen LogP contribution in [0.5, 0.6) is 0 Å². The molecule has 3 heteroatoms. The fourth-order valence-corrected chi connectivity index (χ4v) is 0.591. The largest absolute Gasteiger partial charge is 0.326 e. The first kappa shape index (κ1) is 6.74. The second-order valence-electron chi connectivity index (χ2n) is 1.67. The van der Waals surface area contributed by atoms with Crippen LogP contribution in [0.1, 0.15) is 0 Å². The topological polar surface area (TPSA) is 29.1 Å². The van der Waals surface area contributed by atoms with Crippen LogP contribution in [0.15, 0.2) is 18.2 Å². The van der Waals surface area contributed by atoms with E-state index in [0.717, 1.165) is 6.07 Å². The maximum absolute atomic E-state index is 12.5. The molecule has 2 nitrogen and oxygen atoms in total. The number of carbonyl (C=O) groups excluding carboxylic acids is 1. The van der Waals surface area contributed by atoms with E-state index < -0.39 is 5.82 Å². The molecule has 0 saturated heterocycles. The zero-order chi connectivity index (χ0) is 7.40. The van der Waals surface area contributed by atoms with E-state index in [4.69, 9.17) is 0 Å². The number of nitrogens with one attached hydrogen (secondary N) is 1. The van der Waals surface area contributed by atoms with E-state index in [0.29, 0.717) is 6.41 Å². The molecule has 0 aromatic heterocycles. The fraction of sp³-hybridized carbons (Fsp3) is 0. The zero-order valence-corrected chi connectivity index (χ0v) is 5.10. The van der Waals surface area contributed by atoms with Crippen molar-refractivity contribution in [1.29, 1.82) is 0 Å². The van der Waals surface area contributed by atoms with Crippen LogP contribution < -0.4 is 5.32 Å². The number of carbonyl (C=O) groups is 1. The molecule has 1 rings (SSSR count). The number of hydrogen-bond acceptors (Lipinski definition) is 1. The van der Waals surface area contributed by atoms with Crippen LogP contribution in [0.2, 0.25) is 0 Å². The van der Waals surface area contributed by atoms with Crippen molar-refractivity contribution in [2.75, 3.05) is 5.32 Å². The molecule has 0 heterocycles. The molecule has 0 aliphatic heterocycles. The summed E-state index contributed by atoms with van der Waals surface area (Å²) >= 11 is 0. The monoisotopic (exact) mass is 138 g/mol. The van der Waals surface area contributed by atoms with Crippen LogP contribution in [0, 0.1) is 11.9 Å². The van der Waals surface area contributed by atoms with Gasteiger partial charge in [0, 0.05) is 0 Å². The SMILES string of the molecule is O=CNc1cc[c]cc1F. The second-order valence-corrected chi connectivity index (χ2v) is 1.67. The zero-order valence-electron chi connectivity index (χ0n) is 5.10. The molecule has 0 bridgehead atoms. The molecule has 0 unspecified atom stereocenters. The van der Waals surface area contributed by atoms with Gasteiger partial charge in [0.15, 0.2) is 0 Å². The first-order valence-corrected chi connectivity index (χ1v) is 2.70. The van der Waals surface area contributed by atoms with Gasteiger partial charge in [-0.05, 0) is 18.2 Å². The van der Waals surface area contributed by atoms with Gasteiger partial charge in [-0.2, -0.15) is 0 Å². The van der Waals surface area contributed by atoms with Gasteiger partial charge in [0.1, 0.15) is 5.82 Å². The number of benzene rings is 1. The van der Waals surface area contributed by atoms with Crippen molar-refractivity contribution in [3.8, 4) is 0 Å². The van der Waals surface area contributed by atoms with Gasteiger partial charge >= 0.3 is 0 Å². The smallest absolute Gasteiger partial charge is 0.211 e. The quantitative estimate of drug-likeness (QED) is 0.611. The normalized spacial score (nSPS) is 8.90. The lowest BCUT2D eigenvalue weighted by Crippen LogP contribution is -1.95. The van der Waals surface area contributed by atoms with Crippen molar-refractivity contribution < 1.29 is 9.18 Å². The van der Waals surface area contributed by atoms with Crippen molar-refractivity contribution >= 4 is 12.1 Å². The highest BCUT2D eigenvalue weighted by atomic mass is 19.1. The molecule has 0 aliphatic carbocycles. The average molecular weight is 138 g/mol. The minimum atomic E-state index is -0.477. The van der Waals surface area contributed by atoms with Crippen LogP contribution >= 0.6 is 0 Å². The standard InChI is InChI=1S/C7H5FNO/c8-6-3-1-2-4-7(6)9-5-10/h2-5H,(H,9,10). The Bertz CT molecular complexity index is 237. The summed E-state index contributed by atoms with van der Waals surface area (Å²) < 4.78 is 12.5. The van der Waals surface area contributed by atoms with Gasteiger partial charge in [-0.3, -0.25) is 4.79 Å². The molecule has 1 amide bonds. The van der Waals surface area contributed by atoms with Crippen LogP contribution in [0.25, 0.3) is 0 Å². The molecule has 1 aromatic carbocycles. The van der Waals surface area contributed by atoms with Crippen LogP contribution in [-0.2, 0) is 4.79 Å². The van der Waals surface area contributed by atoms with Gasteiger partial charge in [0.05, 0.1) is 5.69 Å². The molecule has 0 fully saturated rings. The highest BCUT2D eigenvalue weighted by molar-refractivity contribution is 5.71. The Labute approximate surface area is 57.7 Å². The number of rotatable bonds is 2. The summed E-state index contributed by atoms with van der Waals surface area (Å²) in [7, 11) is 0. The van der Waals surface area contributed by atoms with Gasteiger partial charge < -0.3 is 5.32 Å². The number of halogens is 1. The van der Waals surface area contributed by atoms with E-state index in [9.17, 15) is 9.18 Å². The van der Waals surface area contributed by atoms with Gasteiger partial charge in [-0.25, -0.2) is 4.39 Å². The van der Waals surface area contributed by atoms with Crippen molar-refractivity contribution in [2.24, 2.45) is 0 Å². The minimum absolute atomic E-state index is 0.175. The van der Waals surface area contributed by atoms with E-state index in [1.165, 1.54) is 12.1 Å². The maximum Gasteiger partial charge on any atom is 0.211 e. The maximum atomic E-state index is 12.5. The molecule has 51 valence electrons. The van der Waals surface area contributed by atoms with Crippen molar-refractivity contribution in [2.45, 2.75) is 0 Å². The van der Waals surface area contributed by atoms with Gasteiger partial charge in [0.2, 0.25) is 6.41 Å². The first-order chi connectivity index (χ1) is 4.84. The molecule has 0 aliphatic rings. The van der Waals surface area contributed by atoms with Crippen molar-refractivity contribution in [1.82, 2.24) is 0 Å². The summed E-state index contributed by atoms with van der Waals surface area (Å²) in [5.74, 6) is -0.477. The number of hydrogen-bond donors (Lipinski definition) is 1. The summed E-state index contributed by atoms with van der Waals surface area (Å²) in [5.41, 5.74) is 0.175. The third-order valence-corrected chi connectivity index (χ3v) is 1.03. The number of anilines is 1. The first-order valence-electron chi connectivity index (χ1n) is 2.70. The Hall–Kier alpha value is -1.38. The summed E-state index contributed by atoms with van der Waals surface area (Å²) in [6, 6.07) is 6.64. The lowest BCUT2D eigenvalue weighted by atomic mass is 10.3. The van der Waals surface area contributed by atoms with E-state index >= 15 is 0 Å². The van der Waals surface area contributed by atoms with Gasteiger partial charge in [-0.15, -0.1) is 0 Å². The molecule has 0 spiro atoms. The van der Waals surface area contributed by atoms with E-state index in [-0.39, 0.29) is 5.69 Å². The van der Waals surface area contributed by atoms with Crippen molar-refractivity contribution in [3.05, 3.63) is 30.1 Å². The number of amides is 1. The molecular formula is C7H5FNO. The molecule has 0 saturated carbocycles.